The summed E-state index contributed by atoms with van der Waals surface area (Å²) in [6, 6.07) is 2.22. The van der Waals surface area contributed by atoms with E-state index in [-0.39, 0.29) is 18.2 Å². The Morgan fingerprint density at radius 3 is 3.08 bits per heavy atom. The van der Waals surface area contributed by atoms with Crippen LogP contribution in [0.1, 0.15) is 26.2 Å². The fraction of sp³-hybridized carbons (Fsp3) is 0.706. The summed E-state index contributed by atoms with van der Waals surface area (Å²) in [6.45, 7) is 5.72. The van der Waals surface area contributed by atoms with Crippen molar-refractivity contribution in [3.8, 4) is 0 Å². The maximum absolute atomic E-state index is 12.5. The Morgan fingerprint density at radius 2 is 2.24 bits per heavy atom. The fourth-order valence-corrected chi connectivity index (χ4v) is 3.49. The third-order valence-corrected chi connectivity index (χ3v) is 4.81. The second-order valence-corrected chi connectivity index (χ2v) is 6.67. The highest BCUT2D eigenvalue weighted by molar-refractivity contribution is 5.74. The van der Waals surface area contributed by atoms with Gasteiger partial charge in [0.15, 0.2) is 0 Å². The summed E-state index contributed by atoms with van der Waals surface area (Å²) in [7, 11) is 1.85. The number of aromatic nitrogens is 2. The van der Waals surface area contributed by atoms with Crippen molar-refractivity contribution in [2.75, 3.05) is 50.1 Å². The number of rotatable bonds is 4. The van der Waals surface area contributed by atoms with Crippen molar-refractivity contribution in [2.24, 2.45) is 0 Å². The van der Waals surface area contributed by atoms with Crippen molar-refractivity contribution >= 4 is 17.7 Å². The van der Waals surface area contributed by atoms with Crippen molar-refractivity contribution in [3.05, 3.63) is 12.4 Å². The zero-order chi connectivity index (χ0) is 17.6. The van der Waals surface area contributed by atoms with E-state index in [9.17, 15) is 4.79 Å². The normalized spacial score (nSPS) is 24.1. The molecular weight excluding hydrogens is 320 g/mol. The third kappa shape index (κ3) is 4.50. The van der Waals surface area contributed by atoms with Gasteiger partial charge in [-0.3, -0.25) is 0 Å². The van der Waals surface area contributed by atoms with E-state index < -0.39 is 0 Å². The van der Waals surface area contributed by atoms with Crippen LogP contribution in [0.25, 0.3) is 0 Å². The molecule has 2 amide bonds. The molecule has 25 heavy (non-hydrogen) atoms. The van der Waals surface area contributed by atoms with E-state index in [0.29, 0.717) is 13.1 Å². The van der Waals surface area contributed by atoms with Crippen LogP contribution >= 0.6 is 0 Å². The molecule has 3 rings (SSSR count). The molecule has 0 spiro atoms. The minimum atomic E-state index is 0.00259. The van der Waals surface area contributed by atoms with Gasteiger partial charge < -0.3 is 25.2 Å². The van der Waals surface area contributed by atoms with Crippen LogP contribution in [0.3, 0.4) is 0 Å². The van der Waals surface area contributed by atoms with Crippen LogP contribution in [-0.4, -0.2) is 72.9 Å². The van der Waals surface area contributed by atoms with Gasteiger partial charge in [-0.15, -0.1) is 0 Å². The first kappa shape index (κ1) is 17.7. The number of anilines is 2. The summed E-state index contributed by atoms with van der Waals surface area (Å²) in [5.41, 5.74) is 0. The minimum absolute atomic E-state index is 0.00259. The average Bonchev–Trinajstić information content (AvgIpc) is 3.00. The van der Waals surface area contributed by atoms with E-state index in [1.807, 2.05) is 24.9 Å². The van der Waals surface area contributed by atoms with Crippen LogP contribution in [-0.2, 0) is 4.74 Å². The third-order valence-electron chi connectivity index (χ3n) is 4.81. The van der Waals surface area contributed by atoms with Crippen LogP contribution in [0.2, 0.25) is 0 Å². The lowest BCUT2D eigenvalue weighted by Gasteiger charge is -2.28. The van der Waals surface area contributed by atoms with Gasteiger partial charge in [-0.25, -0.2) is 14.8 Å². The van der Waals surface area contributed by atoms with Gasteiger partial charge in [-0.2, -0.15) is 0 Å². The van der Waals surface area contributed by atoms with E-state index in [0.717, 1.165) is 50.6 Å². The summed E-state index contributed by atoms with van der Waals surface area (Å²) in [6.07, 6.45) is 4.72. The molecule has 138 valence electrons. The van der Waals surface area contributed by atoms with E-state index in [2.05, 4.69) is 25.5 Å². The molecular formula is C17H28N6O2. The van der Waals surface area contributed by atoms with Crippen molar-refractivity contribution in [2.45, 2.75) is 38.3 Å². The van der Waals surface area contributed by atoms with Gasteiger partial charge in [-0.05, 0) is 26.2 Å². The van der Waals surface area contributed by atoms with Gasteiger partial charge in [0.1, 0.15) is 18.0 Å². The summed E-state index contributed by atoms with van der Waals surface area (Å²) in [5.74, 6) is 1.71. The topological polar surface area (TPSA) is 82.6 Å². The summed E-state index contributed by atoms with van der Waals surface area (Å²) in [5, 5.41) is 6.14. The predicted molar refractivity (Wildman–Crippen MR) is 96.9 cm³/mol. The molecule has 2 fully saturated rings. The molecule has 0 unspecified atom stereocenters. The monoisotopic (exact) mass is 348 g/mol. The zero-order valence-corrected chi connectivity index (χ0v) is 15.1. The van der Waals surface area contributed by atoms with Crippen LogP contribution in [0.15, 0.2) is 12.4 Å². The highest BCUT2D eigenvalue weighted by Crippen LogP contribution is 2.24. The number of urea groups is 1. The molecule has 2 saturated heterocycles. The maximum Gasteiger partial charge on any atom is 0.317 e. The Bertz CT molecular complexity index is 584. The molecule has 1 aromatic rings. The van der Waals surface area contributed by atoms with Gasteiger partial charge >= 0.3 is 6.03 Å². The first-order chi connectivity index (χ1) is 12.2. The van der Waals surface area contributed by atoms with Crippen molar-refractivity contribution < 1.29 is 9.53 Å². The Morgan fingerprint density at radius 1 is 1.36 bits per heavy atom. The molecule has 0 aliphatic carbocycles. The van der Waals surface area contributed by atoms with Crippen molar-refractivity contribution in [1.29, 1.82) is 0 Å². The lowest BCUT2D eigenvalue weighted by molar-refractivity contribution is 0.0710. The van der Waals surface area contributed by atoms with E-state index in [4.69, 9.17) is 4.74 Å². The maximum atomic E-state index is 12.5. The number of amides is 2. The molecule has 1 aromatic heterocycles. The molecule has 0 bridgehead atoms. The number of nitrogens with zero attached hydrogens (tertiary/aromatic N) is 4. The molecule has 2 aliphatic heterocycles. The Kier molecular flexibility index (Phi) is 5.91. The predicted octanol–water partition coefficient (Wildman–Crippen LogP) is 1.31. The van der Waals surface area contributed by atoms with Crippen molar-refractivity contribution in [3.63, 3.8) is 0 Å². The number of ether oxygens (including phenoxy) is 1. The largest absolute Gasteiger partial charge is 0.377 e. The summed E-state index contributed by atoms with van der Waals surface area (Å²) >= 11 is 0. The first-order valence-corrected chi connectivity index (χ1v) is 9.08. The van der Waals surface area contributed by atoms with Crippen LogP contribution in [0.4, 0.5) is 16.4 Å². The van der Waals surface area contributed by atoms with Gasteiger partial charge in [0.2, 0.25) is 0 Å². The molecule has 0 radical (unpaired) electrons. The number of carbonyl (C=O) groups excluding carboxylic acids is 1. The fourth-order valence-electron chi connectivity index (χ4n) is 3.49. The lowest BCUT2D eigenvalue weighted by Crippen LogP contribution is -2.47. The van der Waals surface area contributed by atoms with Gasteiger partial charge in [-0.1, -0.05) is 0 Å². The van der Waals surface area contributed by atoms with Crippen LogP contribution < -0.4 is 15.5 Å². The Labute approximate surface area is 148 Å². The van der Waals surface area contributed by atoms with E-state index in [1.54, 1.807) is 6.33 Å². The quantitative estimate of drug-likeness (QED) is 0.854. The number of hydrogen-bond donors (Lipinski definition) is 2. The summed E-state index contributed by atoms with van der Waals surface area (Å²) in [4.78, 5) is 25.2. The van der Waals surface area contributed by atoms with Gasteiger partial charge in [0.05, 0.1) is 6.10 Å². The van der Waals surface area contributed by atoms with E-state index >= 15 is 0 Å². The standard InChI is InChI=1S/C17H28N6O2/c1-13-11-22(6-4-8-25-13)17(24)19-10-14-5-3-7-23(14)16-9-15(18-2)20-12-21-16/h9,12-14H,3-8,10-11H2,1-2H3,(H,19,24)(H,18,20,21)/t13-,14+/m0/s1. The molecule has 2 atom stereocenters. The molecule has 3 heterocycles. The average molecular weight is 348 g/mol. The molecule has 8 heteroatoms. The number of carbonyl (C=O) groups is 1. The Hall–Kier alpha value is -2.09. The van der Waals surface area contributed by atoms with Gasteiger partial charge in [0.25, 0.3) is 0 Å². The number of hydrogen-bond acceptors (Lipinski definition) is 6. The van der Waals surface area contributed by atoms with E-state index in [1.165, 1.54) is 0 Å². The second-order valence-electron chi connectivity index (χ2n) is 6.67. The minimum Gasteiger partial charge on any atom is -0.377 e. The smallest absolute Gasteiger partial charge is 0.317 e. The highest BCUT2D eigenvalue weighted by atomic mass is 16.5. The molecule has 0 aromatic carbocycles. The Balaban J connectivity index is 1.57. The number of nitrogens with one attached hydrogen (secondary N) is 2. The SMILES string of the molecule is CNc1cc(N2CCC[C@@H]2CNC(=O)N2CCCO[C@@H](C)C2)ncn1. The first-order valence-electron chi connectivity index (χ1n) is 9.08. The van der Waals surface area contributed by atoms with Crippen LogP contribution in [0.5, 0.6) is 0 Å². The van der Waals surface area contributed by atoms with Gasteiger partial charge in [0, 0.05) is 51.9 Å². The molecule has 2 N–H and O–H groups in total. The summed E-state index contributed by atoms with van der Waals surface area (Å²) < 4.78 is 5.61. The molecule has 0 saturated carbocycles. The van der Waals surface area contributed by atoms with Crippen molar-refractivity contribution in [1.82, 2.24) is 20.2 Å². The zero-order valence-electron chi connectivity index (χ0n) is 15.1. The molecule has 2 aliphatic rings. The highest BCUT2D eigenvalue weighted by Gasteiger charge is 2.27. The van der Waals surface area contributed by atoms with Crippen LogP contribution in [0, 0.1) is 0 Å². The lowest BCUT2D eigenvalue weighted by atomic mass is 10.2. The second kappa shape index (κ2) is 8.33. The molecule has 8 nitrogen and oxygen atoms in total.